The van der Waals surface area contributed by atoms with Gasteiger partial charge in [0.1, 0.15) is 13.2 Å². The quantitative estimate of drug-likeness (QED) is 0.0261. The van der Waals surface area contributed by atoms with Crippen LogP contribution in [0.2, 0.25) is 0 Å². The summed E-state index contributed by atoms with van der Waals surface area (Å²) in [6, 6.07) is 0. The summed E-state index contributed by atoms with van der Waals surface area (Å²) >= 11 is 0. The van der Waals surface area contributed by atoms with Crippen LogP contribution < -0.4 is 0 Å². The topological polar surface area (TPSA) is 78.9 Å². The molecule has 78 heavy (non-hydrogen) atoms. The van der Waals surface area contributed by atoms with Crippen LogP contribution in [0.15, 0.2) is 48.6 Å². The molecule has 0 bridgehead atoms. The predicted molar refractivity (Wildman–Crippen MR) is 339 cm³/mol. The minimum Gasteiger partial charge on any atom is -0.462 e. The zero-order valence-corrected chi connectivity index (χ0v) is 52.5. The summed E-state index contributed by atoms with van der Waals surface area (Å²) in [7, 11) is 0. The number of carbonyl (C=O) groups excluding carboxylic acids is 3. The second-order valence-corrected chi connectivity index (χ2v) is 23.4. The summed E-state index contributed by atoms with van der Waals surface area (Å²) in [6.45, 7) is 6.67. The molecule has 0 radical (unpaired) electrons. The van der Waals surface area contributed by atoms with Gasteiger partial charge in [-0.05, 0) is 103 Å². The zero-order valence-electron chi connectivity index (χ0n) is 52.5. The van der Waals surface area contributed by atoms with Gasteiger partial charge in [-0.3, -0.25) is 14.4 Å². The second-order valence-electron chi connectivity index (χ2n) is 23.4. The Hall–Kier alpha value is -2.63. The third-order valence-electron chi connectivity index (χ3n) is 15.5. The lowest BCUT2D eigenvalue weighted by molar-refractivity contribution is -0.167. The van der Waals surface area contributed by atoms with Crippen LogP contribution in [-0.4, -0.2) is 37.2 Å². The molecule has 456 valence electrons. The fourth-order valence-electron chi connectivity index (χ4n) is 10.3. The Morgan fingerprint density at radius 2 is 0.462 bits per heavy atom. The molecule has 0 saturated carbocycles. The van der Waals surface area contributed by atoms with Crippen molar-refractivity contribution < 1.29 is 28.6 Å². The molecular formula is C72H132O6. The number of hydrogen-bond acceptors (Lipinski definition) is 6. The summed E-state index contributed by atoms with van der Waals surface area (Å²) < 4.78 is 17.0. The van der Waals surface area contributed by atoms with E-state index in [4.69, 9.17) is 14.2 Å². The van der Waals surface area contributed by atoms with Gasteiger partial charge in [-0.2, -0.15) is 0 Å². The number of rotatable bonds is 64. The first-order chi connectivity index (χ1) is 38.5. The van der Waals surface area contributed by atoms with Crippen molar-refractivity contribution in [1.29, 1.82) is 0 Å². The second kappa shape index (κ2) is 66.9. The normalized spacial score (nSPS) is 12.3. The van der Waals surface area contributed by atoms with E-state index >= 15 is 0 Å². The molecule has 1 atom stereocenters. The number of ether oxygens (including phenoxy) is 3. The van der Waals surface area contributed by atoms with Gasteiger partial charge in [0.15, 0.2) is 6.10 Å². The molecule has 6 heteroatoms. The highest BCUT2D eigenvalue weighted by atomic mass is 16.6. The van der Waals surface area contributed by atoms with E-state index in [1.54, 1.807) is 0 Å². The van der Waals surface area contributed by atoms with Crippen LogP contribution in [0.1, 0.15) is 374 Å². The van der Waals surface area contributed by atoms with Crippen LogP contribution in [0, 0.1) is 0 Å². The average molecular weight is 1090 g/mol. The monoisotopic (exact) mass is 1090 g/mol. The Labute approximate surface area is 486 Å². The Kier molecular flexibility index (Phi) is 64.6. The molecule has 0 N–H and O–H groups in total. The van der Waals surface area contributed by atoms with Crippen molar-refractivity contribution in [2.45, 2.75) is 380 Å². The van der Waals surface area contributed by atoms with Crippen molar-refractivity contribution in [3.8, 4) is 0 Å². The van der Waals surface area contributed by atoms with E-state index in [-0.39, 0.29) is 31.1 Å². The fourth-order valence-corrected chi connectivity index (χ4v) is 10.3. The molecule has 0 aliphatic rings. The van der Waals surface area contributed by atoms with Gasteiger partial charge in [0, 0.05) is 19.3 Å². The third-order valence-corrected chi connectivity index (χ3v) is 15.5. The lowest BCUT2D eigenvalue weighted by atomic mass is 10.0. The Balaban J connectivity index is 4.25. The van der Waals surface area contributed by atoms with Crippen LogP contribution in [-0.2, 0) is 28.6 Å². The molecule has 0 fully saturated rings. The van der Waals surface area contributed by atoms with Crippen LogP contribution in [0.25, 0.3) is 0 Å². The van der Waals surface area contributed by atoms with Gasteiger partial charge in [-0.1, -0.05) is 301 Å². The van der Waals surface area contributed by atoms with E-state index in [0.29, 0.717) is 19.3 Å². The largest absolute Gasteiger partial charge is 0.462 e. The van der Waals surface area contributed by atoms with E-state index < -0.39 is 6.10 Å². The molecule has 0 heterocycles. The average Bonchev–Trinajstić information content (AvgIpc) is 3.44. The highest BCUT2D eigenvalue weighted by Crippen LogP contribution is 2.17. The molecule has 0 spiro atoms. The van der Waals surface area contributed by atoms with Gasteiger partial charge in [0.2, 0.25) is 0 Å². The molecular weight excluding hydrogens is 961 g/mol. The van der Waals surface area contributed by atoms with Crippen molar-refractivity contribution in [1.82, 2.24) is 0 Å². The van der Waals surface area contributed by atoms with Gasteiger partial charge in [0.05, 0.1) is 0 Å². The fraction of sp³-hybridized carbons (Fsp3) is 0.847. The van der Waals surface area contributed by atoms with E-state index in [2.05, 4.69) is 69.4 Å². The molecule has 0 aliphatic carbocycles. The van der Waals surface area contributed by atoms with E-state index in [0.717, 1.165) is 70.6 Å². The Morgan fingerprint density at radius 1 is 0.256 bits per heavy atom. The Bertz CT molecular complexity index is 1350. The maximum Gasteiger partial charge on any atom is 0.306 e. The van der Waals surface area contributed by atoms with Gasteiger partial charge in [-0.25, -0.2) is 0 Å². The first kappa shape index (κ1) is 75.4. The molecule has 0 aliphatic heterocycles. The smallest absolute Gasteiger partial charge is 0.306 e. The van der Waals surface area contributed by atoms with Crippen LogP contribution in [0.3, 0.4) is 0 Å². The molecule has 0 rings (SSSR count). The minimum atomic E-state index is -0.777. The van der Waals surface area contributed by atoms with Crippen LogP contribution in [0.5, 0.6) is 0 Å². The maximum atomic E-state index is 12.9. The standard InChI is InChI=1S/C72H132O6/c1-4-7-10-13-16-19-22-25-28-30-32-33-34-35-36-37-38-39-41-42-44-47-50-53-56-59-62-65-71(74)77-68-69(67-76-70(73)64-61-58-55-52-49-46-27-24-21-18-15-12-9-6-3)78-72(75)66-63-60-57-54-51-48-45-43-40-31-29-26-23-20-17-14-11-8-5-2/h22,24-27,29-30,32,69H,4-21,23,28,31,33-68H2,1-3H3/b25-22-,27-24-,29-26-,32-30-. The van der Waals surface area contributed by atoms with Crippen molar-refractivity contribution >= 4 is 17.9 Å². The lowest BCUT2D eigenvalue weighted by Crippen LogP contribution is -2.30. The molecule has 0 saturated heterocycles. The lowest BCUT2D eigenvalue weighted by Gasteiger charge is -2.18. The zero-order chi connectivity index (χ0) is 56.4. The first-order valence-electron chi connectivity index (χ1n) is 34.6. The molecule has 0 aromatic rings. The summed E-state index contributed by atoms with van der Waals surface area (Å²) in [6.07, 6.45) is 84.2. The summed E-state index contributed by atoms with van der Waals surface area (Å²) in [4.78, 5) is 38.4. The number of carbonyl (C=O) groups is 3. The summed E-state index contributed by atoms with van der Waals surface area (Å²) in [5.41, 5.74) is 0. The number of allylic oxidation sites excluding steroid dienone is 8. The SMILES string of the molecule is CCCCCCC/C=C\C/C=C\CCCCCCCCCCCCCCCCCC(=O)OCC(COC(=O)CCCCCCC/C=C\CCCCCCC)OC(=O)CCCCCCCCCCC/C=C\CCCCCCCC. The minimum absolute atomic E-state index is 0.0731. The number of unbranched alkanes of at least 4 members (excludes halogenated alkanes) is 45. The first-order valence-corrected chi connectivity index (χ1v) is 34.6. The summed E-state index contributed by atoms with van der Waals surface area (Å²) in [5.74, 6) is -0.861. The molecule has 0 aromatic heterocycles. The predicted octanol–water partition coefficient (Wildman–Crippen LogP) is 23.7. The van der Waals surface area contributed by atoms with Gasteiger partial charge in [0.25, 0.3) is 0 Å². The maximum absolute atomic E-state index is 12.9. The molecule has 0 amide bonds. The van der Waals surface area contributed by atoms with E-state index in [1.807, 2.05) is 0 Å². The van der Waals surface area contributed by atoms with Crippen LogP contribution in [0.4, 0.5) is 0 Å². The number of hydrogen-bond donors (Lipinski definition) is 0. The van der Waals surface area contributed by atoms with Gasteiger partial charge >= 0.3 is 17.9 Å². The van der Waals surface area contributed by atoms with Crippen molar-refractivity contribution in [2.75, 3.05) is 13.2 Å². The molecule has 6 nitrogen and oxygen atoms in total. The number of esters is 3. The van der Waals surface area contributed by atoms with Crippen molar-refractivity contribution in [3.05, 3.63) is 48.6 Å². The highest BCUT2D eigenvalue weighted by molar-refractivity contribution is 5.71. The molecule has 1 unspecified atom stereocenters. The van der Waals surface area contributed by atoms with Gasteiger partial charge in [-0.15, -0.1) is 0 Å². The van der Waals surface area contributed by atoms with E-state index in [9.17, 15) is 14.4 Å². The van der Waals surface area contributed by atoms with Crippen molar-refractivity contribution in [3.63, 3.8) is 0 Å². The van der Waals surface area contributed by atoms with E-state index in [1.165, 1.54) is 263 Å². The highest BCUT2D eigenvalue weighted by Gasteiger charge is 2.19. The van der Waals surface area contributed by atoms with Crippen molar-refractivity contribution in [2.24, 2.45) is 0 Å². The van der Waals surface area contributed by atoms with Gasteiger partial charge < -0.3 is 14.2 Å². The Morgan fingerprint density at radius 3 is 0.718 bits per heavy atom. The molecule has 0 aromatic carbocycles. The third kappa shape index (κ3) is 64.2. The summed E-state index contributed by atoms with van der Waals surface area (Å²) in [5, 5.41) is 0. The van der Waals surface area contributed by atoms with Crippen LogP contribution >= 0.6 is 0 Å².